The van der Waals surface area contributed by atoms with Gasteiger partial charge in [-0.3, -0.25) is 4.68 Å². The smallest absolute Gasteiger partial charge is 0.122 e. The van der Waals surface area contributed by atoms with Crippen LogP contribution in [0.25, 0.3) is 0 Å². The van der Waals surface area contributed by atoms with Crippen LogP contribution in [-0.4, -0.2) is 21.6 Å². The molecule has 0 N–H and O–H groups in total. The van der Waals surface area contributed by atoms with E-state index in [2.05, 4.69) is 63.1 Å². The highest BCUT2D eigenvalue weighted by Gasteiger charge is 2.10. The van der Waals surface area contributed by atoms with Crippen LogP contribution >= 0.6 is 0 Å². The van der Waals surface area contributed by atoms with Crippen LogP contribution < -0.4 is 4.74 Å². The summed E-state index contributed by atoms with van der Waals surface area (Å²) in [5, 5.41) is 8.31. The minimum atomic E-state index is 0.457. The summed E-state index contributed by atoms with van der Waals surface area (Å²) in [5.74, 6) is 2.02. The van der Waals surface area contributed by atoms with Crippen molar-refractivity contribution in [3.8, 4) is 5.75 Å². The average Bonchev–Trinajstić information content (AvgIpc) is 2.99. The molecular formula is C19H29N3O. The van der Waals surface area contributed by atoms with Crippen LogP contribution in [0.1, 0.15) is 57.4 Å². The maximum absolute atomic E-state index is 5.97. The van der Waals surface area contributed by atoms with Gasteiger partial charge in [-0.25, -0.2) is 0 Å². The Morgan fingerprint density at radius 1 is 1.13 bits per heavy atom. The Bertz CT molecular complexity index is 617. The van der Waals surface area contributed by atoms with Gasteiger partial charge in [0.25, 0.3) is 0 Å². The third kappa shape index (κ3) is 5.08. The fraction of sp³-hybridized carbons (Fsp3) is 0.579. The van der Waals surface area contributed by atoms with Gasteiger partial charge in [-0.1, -0.05) is 45.0 Å². The van der Waals surface area contributed by atoms with E-state index in [0.29, 0.717) is 11.8 Å². The number of hydrogen-bond donors (Lipinski definition) is 0. The molecule has 0 aliphatic heterocycles. The molecule has 4 heteroatoms. The zero-order valence-corrected chi connectivity index (χ0v) is 15.0. The second-order valence-electron chi connectivity index (χ2n) is 6.80. The number of hydrogen-bond acceptors (Lipinski definition) is 3. The minimum absolute atomic E-state index is 0.457. The monoisotopic (exact) mass is 315 g/mol. The van der Waals surface area contributed by atoms with Crippen molar-refractivity contribution >= 4 is 0 Å². The van der Waals surface area contributed by atoms with E-state index in [1.807, 2.05) is 10.9 Å². The Labute approximate surface area is 139 Å². The zero-order chi connectivity index (χ0) is 16.8. The van der Waals surface area contributed by atoms with Crippen molar-refractivity contribution in [3.63, 3.8) is 0 Å². The first-order chi connectivity index (χ1) is 11.0. The van der Waals surface area contributed by atoms with Crippen molar-refractivity contribution in [2.45, 2.75) is 59.9 Å². The molecule has 0 amide bonds. The number of benzene rings is 1. The summed E-state index contributed by atoms with van der Waals surface area (Å²) in [6.07, 6.45) is 3.93. The van der Waals surface area contributed by atoms with Crippen molar-refractivity contribution in [1.29, 1.82) is 0 Å². The van der Waals surface area contributed by atoms with E-state index < -0.39 is 0 Å². The predicted octanol–water partition coefficient (Wildman–Crippen LogP) is 4.24. The molecule has 23 heavy (non-hydrogen) atoms. The minimum Gasteiger partial charge on any atom is -0.493 e. The molecule has 1 aromatic carbocycles. The molecule has 0 saturated heterocycles. The standard InChI is InChI=1S/C19H29N3O/c1-6-22-12-17(20-21-22)9-7-16-8-10-19(23-13-14(2)3)18(11-16)15(4)5/h8,10-12,14-15H,6-7,9,13H2,1-5H3. The van der Waals surface area contributed by atoms with Crippen LogP contribution in [0.5, 0.6) is 5.75 Å². The van der Waals surface area contributed by atoms with Gasteiger partial charge in [0.2, 0.25) is 0 Å². The molecule has 0 atom stereocenters. The fourth-order valence-electron chi connectivity index (χ4n) is 2.47. The van der Waals surface area contributed by atoms with Crippen LogP contribution in [-0.2, 0) is 19.4 Å². The molecule has 1 heterocycles. The molecule has 0 radical (unpaired) electrons. The number of rotatable bonds is 8. The normalized spacial score (nSPS) is 11.4. The number of aryl methyl sites for hydroxylation is 3. The molecule has 0 aliphatic rings. The molecule has 1 aromatic heterocycles. The van der Waals surface area contributed by atoms with Gasteiger partial charge in [0.1, 0.15) is 5.75 Å². The third-order valence-corrected chi connectivity index (χ3v) is 3.85. The highest BCUT2D eigenvalue weighted by molar-refractivity contribution is 5.39. The number of nitrogens with zero attached hydrogens (tertiary/aromatic N) is 3. The molecule has 4 nitrogen and oxygen atoms in total. The summed E-state index contributed by atoms with van der Waals surface area (Å²) < 4.78 is 7.84. The van der Waals surface area contributed by atoms with Gasteiger partial charge < -0.3 is 4.74 Å². The topological polar surface area (TPSA) is 39.9 Å². The Morgan fingerprint density at radius 3 is 2.52 bits per heavy atom. The van der Waals surface area contributed by atoms with E-state index in [1.165, 1.54) is 11.1 Å². The number of aromatic nitrogens is 3. The van der Waals surface area contributed by atoms with E-state index in [9.17, 15) is 0 Å². The average molecular weight is 315 g/mol. The lowest BCUT2D eigenvalue weighted by atomic mass is 9.97. The summed E-state index contributed by atoms with van der Waals surface area (Å²) in [4.78, 5) is 0. The second-order valence-corrected chi connectivity index (χ2v) is 6.80. The Morgan fingerprint density at radius 2 is 1.91 bits per heavy atom. The largest absolute Gasteiger partial charge is 0.493 e. The van der Waals surface area contributed by atoms with Crippen LogP contribution in [0.4, 0.5) is 0 Å². The first-order valence-corrected chi connectivity index (χ1v) is 8.64. The molecule has 2 aromatic rings. The molecule has 0 unspecified atom stereocenters. The first kappa shape index (κ1) is 17.5. The SMILES string of the molecule is CCn1cc(CCc2ccc(OCC(C)C)c(C(C)C)c2)nn1. The van der Waals surface area contributed by atoms with E-state index in [-0.39, 0.29) is 0 Å². The lowest BCUT2D eigenvalue weighted by molar-refractivity contribution is 0.267. The van der Waals surface area contributed by atoms with E-state index in [0.717, 1.165) is 37.4 Å². The predicted molar refractivity (Wildman–Crippen MR) is 94.0 cm³/mol. The van der Waals surface area contributed by atoms with Crippen molar-refractivity contribution in [2.24, 2.45) is 5.92 Å². The van der Waals surface area contributed by atoms with E-state index in [4.69, 9.17) is 4.74 Å². The first-order valence-electron chi connectivity index (χ1n) is 8.64. The van der Waals surface area contributed by atoms with E-state index in [1.54, 1.807) is 0 Å². The van der Waals surface area contributed by atoms with Crippen molar-refractivity contribution in [2.75, 3.05) is 6.61 Å². The Hall–Kier alpha value is -1.84. The summed E-state index contributed by atoms with van der Waals surface area (Å²) in [6, 6.07) is 6.58. The van der Waals surface area contributed by atoms with Gasteiger partial charge in [0, 0.05) is 12.7 Å². The third-order valence-electron chi connectivity index (χ3n) is 3.85. The summed E-state index contributed by atoms with van der Waals surface area (Å²) in [5.41, 5.74) is 3.68. The molecule has 0 saturated carbocycles. The number of ether oxygens (including phenoxy) is 1. The summed E-state index contributed by atoms with van der Waals surface area (Å²) in [7, 11) is 0. The fourth-order valence-corrected chi connectivity index (χ4v) is 2.47. The maximum atomic E-state index is 5.97. The van der Waals surface area contributed by atoms with Crippen molar-refractivity contribution in [3.05, 3.63) is 41.2 Å². The van der Waals surface area contributed by atoms with Gasteiger partial charge in [-0.2, -0.15) is 0 Å². The Balaban J connectivity index is 2.05. The van der Waals surface area contributed by atoms with Crippen LogP contribution in [0.15, 0.2) is 24.4 Å². The lowest BCUT2D eigenvalue weighted by Gasteiger charge is -2.16. The van der Waals surface area contributed by atoms with Gasteiger partial charge in [-0.05, 0) is 48.8 Å². The molecular weight excluding hydrogens is 286 g/mol. The molecule has 126 valence electrons. The Kier molecular flexibility index (Phi) is 6.20. The molecule has 0 bridgehead atoms. The van der Waals surface area contributed by atoms with Crippen LogP contribution in [0.2, 0.25) is 0 Å². The summed E-state index contributed by atoms with van der Waals surface area (Å²) >= 11 is 0. The maximum Gasteiger partial charge on any atom is 0.122 e. The highest BCUT2D eigenvalue weighted by atomic mass is 16.5. The second kappa shape index (κ2) is 8.14. The van der Waals surface area contributed by atoms with Gasteiger partial charge >= 0.3 is 0 Å². The molecule has 0 aliphatic carbocycles. The van der Waals surface area contributed by atoms with E-state index >= 15 is 0 Å². The molecule has 0 fully saturated rings. The van der Waals surface area contributed by atoms with Crippen LogP contribution in [0, 0.1) is 5.92 Å². The van der Waals surface area contributed by atoms with Crippen molar-refractivity contribution in [1.82, 2.24) is 15.0 Å². The quantitative estimate of drug-likeness (QED) is 0.731. The lowest BCUT2D eigenvalue weighted by Crippen LogP contribution is -2.07. The van der Waals surface area contributed by atoms with Gasteiger partial charge in [0.15, 0.2) is 0 Å². The molecule has 0 spiro atoms. The van der Waals surface area contributed by atoms with Gasteiger partial charge in [-0.15, -0.1) is 5.10 Å². The highest BCUT2D eigenvalue weighted by Crippen LogP contribution is 2.28. The zero-order valence-electron chi connectivity index (χ0n) is 15.0. The molecule has 2 rings (SSSR count). The van der Waals surface area contributed by atoms with Crippen LogP contribution in [0.3, 0.4) is 0 Å². The summed E-state index contributed by atoms with van der Waals surface area (Å²) in [6.45, 7) is 12.5. The van der Waals surface area contributed by atoms with Gasteiger partial charge in [0.05, 0.1) is 12.3 Å². The van der Waals surface area contributed by atoms with Crippen molar-refractivity contribution < 1.29 is 4.74 Å².